The highest BCUT2D eigenvalue weighted by Gasteiger charge is 2.31. The maximum Gasteiger partial charge on any atom is 0.416 e. The molecule has 0 spiro atoms. The van der Waals surface area contributed by atoms with E-state index in [1.807, 2.05) is 18.2 Å². The van der Waals surface area contributed by atoms with Crippen molar-refractivity contribution in [3.8, 4) is 5.75 Å². The van der Waals surface area contributed by atoms with E-state index < -0.39 is 23.8 Å². The summed E-state index contributed by atoms with van der Waals surface area (Å²) in [7, 11) is 0. The van der Waals surface area contributed by atoms with Crippen LogP contribution in [-0.2, 0) is 23.8 Å². The molecule has 2 aromatic rings. The lowest BCUT2D eigenvalue weighted by molar-refractivity contribution is -0.137. The predicted molar refractivity (Wildman–Crippen MR) is 98.3 cm³/mol. The summed E-state index contributed by atoms with van der Waals surface area (Å²) in [6.45, 7) is 1.54. The normalized spacial score (nSPS) is 15.0. The lowest BCUT2D eigenvalue weighted by Gasteiger charge is -2.19. The van der Waals surface area contributed by atoms with Crippen LogP contribution in [0.25, 0.3) is 0 Å². The fraction of sp³-hybridized carbons (Fsp3) is 0.350. The summed E-state index contributed by atoms with van der Waals surface area (Å²) < 4.78 is 44.2. The van der Waals surface area contributed by atoms with E-state index in [4.69, 9.17) is 16.3 Å². The topological polar surface area (TPSA) is 38.3 Å². The number of carbonyl (C=O) groups is 1. The Morgan fingerprint density at radius 2 is 1.81 bits per heavy atom. The molecule has 0 saturated heterocycles. The second kappa shape index (κ2) is 7.80. The number of carbonyl (C=O) groups excluding carboxylic acids is 1. The SMILES string of the molecule is C[C@@H](Oc1ccc2c(c1)CCCC2)C(=O)Nc1cc(C(F)(F)F)ccc1Cl. The number of hydrogen-bond donors (Lipinski definition) is 1. The second-order valence-corrected chi connectivity index (χ2v) is 6.99. The molecule has 3 rings (SSSR count). The molecule has 0 radical (unpaired) electrons. The van der Waals surface area contributed by atoms with Crippen LogP contribution in [0, 0.1) is 0 Å². The summed E-state index contributed by atoms with van der Waals surface area (Å²) in [5, 5.41) is 2.43. The van der Waals surface area contributed by atoms with Gasteiger partial charge < -0.3 is 10.1 Å². The number of aryl methyl sites for hydroxylation is 2. The van der Waals surface area contributed by atoms with Gasteiger partial charge in [-0.15, -0.1) is 0 Å². The van der Waals surface area contributed by atoms with E-state index in [-0.39, 0.29) is 10.7 Å². The molecular weight excluding hydrogens is 379 g/mol. The van der Waals surface area contributed by atoms with Gasteiger partial charge in [0.05, 0.1) is 16.3 Å². The zero-order valence-corrected chi connectivity index (χ0v) is 15.5. The minimum atomic E-state index is -4.52. The van der Waals surface area contributed by atoms with E-state index >= 15 is 0 Å². The van der Waals surface area contributed by atoms with E-state index in [0.717, 1.165) is 37.5 Å². The molecule has 27 heavy (non-hydrogen) atoms. The first-order valence-electron chi connectivity index (χ1n) is 8.70. The molecule has 144 valence electrons. The second-order valence-electron chi connectivity index (χ2n) is 6.58. The molecule has 0 bridgehead atoms. The van der Waals surface area contributed by atoms with Crippen molar-refractivity contribution in [1.82, 2.24) is 0 Å². The first-order valence-corrected chi connectivity index (χ1v) is 9.08. The monoisotopic (exact) mass is 397 g/mol. The highest BCUT2D eigenvalue weighted by molar-refractivity contribution is 6.33. The fourth-order valence-corrected chi connectivity index (χ4v) is 3.24. The molecule has 0 fully saturated rings. The molecule has 7 heteroatoms. The Kier molecular flexibility index (Phi) is 5.65. The van der Waals surface area contributed by atoms with Gasteiger partial charge in [-0.1, -0.05) is 17.7 Å². The molecule has 0 aliphatic heterocycles. The number of ether oxygens (including phenoxy) is 1. The van der Waals surface area contributed by atoms with Gasteiger partial charge in [-0.05, 0) is 74.1 Å². The average molecular weight is 398 g/mol. The number of nitrogens with one attached hydrogen (secondary N) is 1. The van der Waals surface area contributed by atoms with Crippen LogP contribution in [0.4, 0.5) is 18.9 Å². The largest absolute Gasteiger partial charge is 0.481 e. The molecular formula is C20H19ClF3NO2. The van der Waals surface area contributed by atoms with Crippen molar-refractivity contribution in [3.63, 3.8) is 0 Å². The zero-order valence-electron chi connectivity index (χ0n) is 14.7. The molecule has 2 aromatic carbocycles. The van der Waals surface area contributed by atoms with Crippen LogP contribution < -0.4 is 10.1 Å². The molecule has 0 heterocycles. The van der Waals surface area contributed by atoms with Gasteiger partial charge in [-0.3, -0.25) is 4.79 Å². The summed E-state index contributed by atoms with van der Waals surface area (Å²) in [4.78, 5) is 12.3. The van der Waals surface area contributed by atoms with Crippen LogP contribution in [0.5, 0.6) is 5.75 Å². The first kappa shape index (κ1) is 19.5. The molecule has 3 nitrogen and oxygen atoms in total. The highest BCUT2D eigenvalue weighted by atomic mass is 35.5. The Morgan fingerprint density at radius 1 is 1.11 bits per heavy atom. The molecule has 0 unspecified atom stereocenters. The third-order valence-corrected chi connectivity index (χ3v) is 4.88. The smallest absolute Gasteiger partial charge is 0.416 e. The van der Waals surface area contributed by atoms with Gasteiger partial charge in [0, 0.05) is 0 Å². The van der Waals surface area contributed by atoms with Crippen molar-refractivity contribution >= 4 is 23.2 Å². The van der Waals surface area contributed by atoms with Gasteiger partial charge in [0.1, 0.15) is 5.75 Å². The lowest BCUT2D eigenvalue weighted by atomic mass is 9.92. The predicted octanol–water partition coefficient (Wildman–Crippen LogP) is 5.64. The van der Waals surface area contributed by atoms with Crippen LogP contribution in [0.3, 0.4) is 0 Å². The van der Waals surface area contributed by atoms with Crippen LogP contribution in [-0.4, -0.2) is 12.0 Å². The summed E-state index contributed by atoms with van der Waals surface area (Å²) in [5.74, 6) is -0.0117. The van der Waals surface area contributed by atoms with Crippen molar-refractivity contribution in [1.29, 1.82) is 0 Å². The fourth-order valence-electron chi connectivity index (χ4n) is 3.07. The minimum Gasteiger partial charge on any atom is -0.481 e. The Morgan fingerprint density at radius 3 is 2.52 bits per heavy atom. The van der Waals surface area contributed by atoms with Crippen LogP contribution in [0.15, 0.2) is 36.4 Å². The van der Waals surface area contributed by atoms with Gasteiger partial charge >= 0.3 is 6.18 Å². The molecule has 1 aliphatic rings. The van der Waals surface area contributed by atoms with Crippen LogP contribution in [0.1, 0.15) is 36.5 Å². The van der Waals surface area contributed by atoms with E-state index in [1.54, 1.807) is 0 Å². The van der Waals surface area contributed by atoms with Crippen LogP contribution >= 0.6 is 11.6 Å². The number of hydrogen-bond acceptors (Lipinski definition) is 2. The number of alkyl halides is 3. The summed E-state index contributed by atoms with van der Waals surface area (Å²) >= 11 is 5.91. The van der Waals surface area contributed by atoms with Crippen molar-refractivity contribution < 1.29 is 22.7 Å². The Hall–Kier alpha value is -2.21. The van der Waals surface area contributed by atoms with E-state index in [0.29, 0.717) is 5.75 Å². The number of rotatable bonds is 4. The Labute approximate surface area is 160 Å². The van der Waals surface area contributed by atoms with E-state index in [2.05, 4.69) is 5.32 Å². The molecule has 1 N–H and O–H groups in total. The molecule has 1 atom stereocenters. The maximum absolute atomic E-state index is 12.8. The molecule has 0 aromatic heterocycles. The van der Waals surface area contributed by atoms with E-state index in [9.17, 15) is 18.0 Å². The van der Waals surface area contributed by atoms with Crippen molar-refractivity contribution in [2.75, 3.05) is 5.32 Å². The van der Waals surface area contributed by atoms with Gasteiger partial charge in [0.25, 0.3) is 5.91 Å². The average Bonchev–Trinajstić information content (AvgIpc) is 2.62. The third kappa shape index (κ3) is 4.75. The number of anilines is 1. The van der Waals surface area contributed by atoms with Crippen molar-refractivity contribution in [3.05, 3.63) is 58.1 Å². The summed E-state index contributed by atoms with van der Waals surface area (Å²) in [5.41, 5.74) is 1.52. The van der Waals surface area contributed by atoms with Crippen molar-refractivity contribution in [2.45, 2.75) is 44.9 Å². The van der Waals surface area contributed by atoms with E-state index in [1.165, 1.54) is 24.5 Å². The molecule has 0 saturated carbocycles. The number of amides is 1. The first-order chi connectivity index (χ1) is 12.7. The standard InChI is InChI=1S/C20H19ClF3NO2/c1-12(27-16-8-6-13-4-2-3-5-14(13)10-16)19(26)25-18-11-15(20(22,23)24)7-9-17(18)21/h6-12H,2-5H2,1H3,(H,25,26)/t12-/m1/s1. The Balaban J connectivity index is 1.69. The number of fused-ring (bicyclic) bond motifs is 1. The Bertz CT molecular complexity index is 852. The number of benzene rings is 2. The lowest BCUT2D eigenvalue weighted by Crippen LogP contribution is -2.30. The maximum atomic E-state index is 12.8. The van der Waals surface area contributed by atoms with Crippen LogP contribution in [0.2, 0.25) is 5.02 Å². The number of halogens is 4. The van der Waals surface area contributed by atoms with Crippen molar-refractivity contribution in [2.24, 2.45) is 0 Å². The highest BCUT2D eigenvalue weighted by Crippen LogP contribution is 2.34. The van der Waals surface area contributed by atoms with Gasteiger partial charge in [0.2, 0.25) is 0 Å². The van der Waals surface area contributed by atoms with Gasteiger partial charge in [-0.25, -0.2) is 0 Å². The molecule has 1 aliphatic carbocycles. The quantitative estimate of drug-likeness (QED) is 0.724. The summed E-state index contributed by atoms with van der Waals surface area (Å²) in [6.07, 6.45) is -1.09. The molecule has 1 amide bonds. The third-order valence-electron chi connectivity index (χ3n) is 4.55. The van der Waals surface area contributed by atoms with Gasteiger partial charge in [0.15, 0.2) is 6.10 Å². The minimum absolute atomic E-state index is 0.0253. The zero-order chi connectivity index (χ0) is 19.6. The van der Waals surface area contributed by atoms with Gasteiger partial charge in [-0.2, -0.15) is 13.2 Å². The summed E-state index contributed by atoms with van der Waals surface area (Å²) in [6, 6.07) is 8.52.